The summed E-state index contributed by atoms with van der Waals surface area (Å²) < 4.78 is 0. The lowest BCUT2D eigenvalue weighted by Gasteiger charge is -2.11. The molecule has 0 spiro atoms. The average Bonchev–Trinajstić information content (AvgIpc) is 2.27. The van der Waals surface area contributed by atoms with E-state index in [4.69, 9.17) is 5.73 Å². The van der Waals surface area contributed by atoms with Crippen molar-refractivity contribution in [3.8, 4) is 0 Å². The molecule has 0 bridgehead atoms. The average molecular weight is 170 g/mol. The van der Waals surface area contributed by atoms with Crippen molar-refractivity contribution in [3.63, 3.8) is 0 Å². The first kappa shape index (κ1) is 6.41. The van der Waals surface area contributed by atoms with E-state index in [2.05, 4.69) is 15.6 Å². The summed E-state index contributed by atoms with van der Waals surface area (Å²) in [5.74, 6) is 0.619. The highest BCUT2D eigenvalue weighted by Gasteiger charge is 2.17. The number of thiazole rings is 1. The zero-order valence-corrected chi connectivity index (χ0v) is 6.36. The molecule has 11 heavy (non-hydrogen) atoms. The Labute approximate surface area is 66.6 Å². The maximum Gasteiger partial charge on any atom is 0.244 e. The van der Waals surface area contributed by atoms with Crippen molar-refractivity contribution in [2.45, 2.75) is 0 Å². The second kappa shape index (κ2) is 2.09. The first-order chi connectivity index (χ1) is 5.25. The number of fused-ring (bicyclic) bond motifs is 1. The molecule has 1 aromatic rings. The van der Waals surface area contributed by atoms with E-state index in [-0.39, 0.29) is 12.5 Å². The Morgan fingerprint density at radius 1 is 1.64 bits per heavy atom. The molecule has 2 heterocycles. The van der Waals surface area contributed by atoms with E-state index in [0.717, 1.165) is 0 Å². The van der Waals surface area contributed by atoms with Gasteiger partial charge >= 0.3 is 0 Å². The van der Waals surface area contributed by atoms with Gasteiger partial charge in [-0.2, -0.15) is 0 Å². The number of nitrogens with zero attached hydrogens (tertiary/aromatic N) is 1. The molecule has 0 saturated heterocycles. The summed E-state index contributed by atoms with van der Waals surface area (Å²) in [6.07, 6.45) is 0. The van der Waals surface area contributed by atoms with Crippen molar-refractivity contribution < 1.29 is 4.79 Å². The van der Waals surface area contributed by atoms with Crippen molar-refractivity contribution in [1.82, 2.24) is 4.98 Å². The van der Waals surface area contributed by atoms with E-state index in [1.54, 1.807) is 0 Å². The van der Waals surface area contributed by atoms with E-state index >= 15 is 0 Å². The van der Waals surface area contributed by atoms with Gasteiger partial charge in [-0.25, -0.2) is 4.98 Å². The predicted molar refractivity (Wildman–Crippen MR) is 43.6 cm³/mol. The van der Waals surface area contributed by atoms with E-state index in [1.165, 1.54) is 11.3 Å². The highest BCUT2D eigenvalue weighted by Crippen LogP contribution is 2.32. The maximum atomic E-state index is 10.8. The Hall–Kier alpha value is -1.30. The molecule has 0 atom stereocenters. The second-order valence-corrected chi connectivity index (χ2v) is 3.16. The third-order valence-electron chi connectivity index (χ3n) is 1.31. The van der Waals surface area contributed by atoms with Crippen LogP contribution in [0.3, 0.4) is 0 Å². The molecule has 0 unspecified atom stereocenters. The van der Waals surface area contributed by atoms with Gasteiger partial charge in [-0.15, -0.1) is 0 Å². The minimum absolute atomic E-state index is 0.0545. The summed E-state index contributed by atoms with van der Waals surface area (Å²) in [5, 5.41) is 6.67. The fourth-order valence-corrected chi connectivity index (χ4v) is 1.60. The van der Waals surface area contributed by atoms with Crippen LogP contribution >= 0.6 is 11.3 Å². The normalized spacial score (nSPS) is 15.1. The minimum Gasteiger partial charge on any atom is -0.375 e. The zero-order valence-electron chi connectivity index (χ0n) is 5.55. The van der Waals surface area contributed by atoms with Crippen LogP contribution in [0.4, 0.5) is 16.0 Å². The van der Waals surface area contributed by atoms with Crippen LogP contribution in [-0.4, -0.2) is 17.4 Å². The summed E-state index contributed by atoms with van der Waals surface area (Å²) in [7, 11) is 0. The monoisotopic (exact) mass is 170 g/mol. The van der Waals surface area contributed by atoms with Crippen molar-refractivity contribution in [2.24, 2.45) is 0 Å². The quantitative estimate of drug-likeness (QED) is 0.515. The summed E-state index contributed by atoms with van der Waals surface area (Å²) in [6, 6.07) is 0. The molecule has 5 nitrogen and oxygen atoms in total. The lowest BCUT2D eigenvalue weighted by atomic mass is 10.5. The van der Waals surface area contributed by atoms with E-state index in [0.29, 0.717) is 16.0 Å². The maximum absolute atomic E-state index is 10.8. The van der Waals surface area contributed by atoms with E-state index < -0.39 is 0 Å². The Morgan fingerprint density at radius 3 is 3.27 bits per heavy atom. The van der Waals surface area contributed by atoms with Gasteiger partial charge in [-0.05, 0) is 0 Å². The molecular formula is C5H6N4OS. The fourth-order valence-electron chi connectivity index (χ4n) is 0.876. The number of rotatable bonds is 0. The molecule has 4 N–H and O–H groups in total. The Bertz CT molecular complexity index is 307. The molecule has 0 aromatic carbocycles. The van der Waals surface area contributed by atoms with Crippen molar-refractivity contribution >= 4 is 33.2 Å². The van der Waals surface area contributed by atoms with Gasteiger partial charge in [0.05, 0.1) is 6.54 Å². The molecule has 6 heteroatoms. The summed E-state index contributed by atoms with van der Waals surface area (Å²) in [5.41, 5.74) is 5.42. The molecule has 0 aliphatic carbocycles. The number of carbonyl (C=O) groups excluding carboxylic acids is 1. The molecular weight excluding hydrogens is 164 g/mol. The highest BCUT2D eigenvalue weighted by molar-refractivity contribution is 7.20. The number of nitrogen functional groups attached to an aromatic ring is 1. The molecule has 1 aliphatic rings. The molecule has 0 radical (unpaired) electrons. The minimum atomic E-state index is -0.0545. The molecule has 1 amide bonds. The SMILES string of the molecule is Nc1nc2c(s1)NC(=O)CN2. The number of hydrogen-bond donors (Lipinski definition) is 3. The predicted octanol–water partition coefficient (Wildman–Crippen LogP) is 0.0893. The molecule has 0 fully saturated rings. The van der Waals surface area contributed by atoms with Crippen LogP contribution in [0.15, 0.2) is 0 Å². The third kappa shape index (κ3) is 1.01. The van der Waals surface area contributed by atoms with Crippen molar-refractivity contribution in [2.75, 3.05) is 22.9 Å². The zero-order chi connectivity index (χ0) is 7.84. The van der Waals surface area contributed by atoms with Gasteiger partial charge < -0.3 is 16.4 Å². The number of hydrogen-bond acceptors (Lipinski definition) is 5. The smallest absolute Gasteiger partial charge is 0.244 e. The number of nitrogens with one attached hydrogen (secondary N) is 2. The standard InChI is InChI=1S/C5H6N4OS/c6-5-9-3-4(11-5)8-2(10)1-7-3/h7H,1H2,(H2,6,9)(H,8,10). The molecule has 58 valence electrons. The van der Waals surface area contributed by atoms with E-state index in [1.807, 2.05) is 0 Å². The number of anilines is 3. The highest BCUT2D eigenvalue weighted by atomic mass is 32.1. The summed E-state index contributed by atoms with van der Waals surface area (Å²) >= 11 is 1.27. The van der Waals surface area contributed by atoms with Gasteiger partial charge in [-0.3, -0.25) is 4.79 Å². The van der Waals surface area contributed by atoms with Crippen LogP contribution < -0.4 is 16.4 Å². The van der Waals surface area contributed by atoms with Gasteiger partial charge in [0.1, 0.15) is 5.00 Å². The fraction of sp³-hybridized carbons (Fsp3) is 0.200. The molecule has 0 saturated carbocycles. The largest absolute Gasteiger partial charge is 0.375 e. The Morgan fingerprint density at radius 2 is 2.45 bits per heavy atom. The molecule has 1 aliphatic heterocycles. The van der Waals surface area contributed by atoms with Crippen LogP contribution in [0.2, 0.25) is 0 Å². The topological polar surface area (TPSA) is 80.0 Å². The first-order valence-electron chi connectivity index (χ1n) is 3.06. The summed E-state index contributed by atoms with van der Waals surface area (Å²) in [6.45, 7) is 0.274. The van der Waals surface area contributed by atoms with Gasteiger partial charge in [0, 0.05) is 0 Å². The van der Waals surface area contributed by atoms with Gasteiger partial charge in [0.25, 0.3) is 0 Å². The second-order valence-electron chi connectivity index (χ2n) is 2.13. The summed E-state index contributed by atoms with van der Waals surface area (Å²) in [4.78, 5) is 14.8. The number of amides is 1. The lowest BCUT2D eigenvalue weighted by Crippen LogP contribution is -2.26. The van der Waals surface area contributed by atoms with Crippen LogP contribution in [0.5, 0.6) is 0 Å². The van der Waals surface area contributed by atoms with Crippen LogP contribution in [0.1, 0.15) is 0 Å². The van der Waals surface area contributed by atoms with Crippen LogP contribution in [0, 0.1) is 0 Å². The molecule has 1 aromatic heterocycles. The van der Waals surface area contributed by atoms with Gasteiger partial charge in [0.2, 0.25) is 5.91 Å². The number of nitrogens with two attached hydrogens (primary N) is 1. The van der Waals surface area contributed by atoms with Crippen LogP contribution in [-0.2, 0) is 4.79 Å². The van der Waals surface area contributed by atoms with Crippen LogP contribution in [0.25, 0.3) is 0 Å². The Kier molecular flexibility index (Phi) is 1.22. The van der Waals surface area contributed by atoms with Gasteiger partial charge in [0.15, 0.2) is 10.9 Å². The Balaban J connectivity index is 2.41. The number of carbonyl (C=O) groups is 1. The molecule has 2 rings (SSSR count). The number of aromatic nitrogens is 1. The first-order valence-corrected chi connectivity index (χ1v) is 3.87. The third-order valence-corrected chi connectivity index (χ3v) is 2.11. The van der Waals surface area contributed by atoms with E-state index in [9.17, 15) is 4.79 Å². The van der Waals surface area contributed by atoms with Gasteiger partial charge in [-0.1, -0.05) is 11.3 Å². The lowest BCUT2D eigenvalue weighted by molar-refractivity contribution is -0.114. The van der Waals surface area contributed by atoms with Crippen molar-refractivity contribution in [3.05, 3.63) is 0 Å². The van der Waals surface area contributed by atoms with Crippen molar-refractivity contribution in [1.29, 1.82) is 0 Å².